The average Bonchev–Trinajstić information content (AvgIpc) is 2.59. The highest BCUT2D eigenvalue weighted by Gasteiger charge is 2.38. The molecular weight excluding hydrogens is 409 g/mol. The Kier molecular flexibility index (Phi) is 7.69. The van der Waals surface area contributed by atoms with Gasteiger partial charge in [-0.05, 0) is 43.9 Å². The predicted molar refractivity (Wildman–Crippen MR) is 95.2 cm³/mol. The second-order valence-electron chi connectivity index (χ2n) is 6.30. The van der Waals surface area contributed by atoms with E-state index >= 15 is 0 Å². The van der Waals surface area contributed by atoms with Crippen molar-refractivity contribution in [3.8, 4) is 0 Å². The van der Waals surface area contributed by atoms with Gasteiger partial charge in [-0.2, -0.15) is 17.5 Å². The number of ether oxygens (including phenoxy) is 1. The summed E-state index contributed by atoms with van der Waals surface area (Å²) in [5.74, 6) is -1.01. The molecule has 1 aromatic rings. The highest BCUT2D eigenvalue weighted by molar-refractivity contribution is 7.89. The Morgan fingerprint density at radius 2 is 1.85 bits per heavy atom. The first kappa shape index (κ1) is 23.7. The van der Waals surface area contributed by atoms with E-state index in [1.165, 1.54) is 0 Å². The predicted octanol–water partition coefficient (Wildman–Crippen LogP) is 2.66. The van der Waals surface area contributed by atoms with Crippen molar-refractivity contribution >= 4 is 28.4 Å². The van der Waals surface area contributed by atoms with Crippen LogP contribution in [0, 0.1) is 5.92 Å². The Balaban J connectivity index is 0.00000364. The van der Waals surface area contributed by atoms with Crippen molar-refractivity contribution in [1.82, 2.24) is 4.31 Å². The molecule has 0 saturated carbocycles. The van der Waals surface area contributed by atoms with E-state index in [0.717, 1.165) is 23.5 Å². The Labute approximate surface area is 162 Å². The van der Waals surface area contributed by atoms with Crippen LogP contribution < -0.4 is 5.73 Å². The third-order valence-electron chi connectivity index (χ3n) is 4.58. The van der Waals surface area contributed by atoms with Crippen molar-refractivity contribution in [2.24, 2.45) is 11.7 Å². The van der Waals surface area contributed by atoms with Gasteiger partial charge in [0.1, 0.15) is 0 Å². The van der Waals surface area contributed by atoms with Crippen molar-refractivity contribution < 1.29 is 31.1 Å². The van der Waals surface area contributed by atoms with Crippen LogP contribution in [0.4, 0.5) is 13.2 Å². The van der Waals surface area contributed by atoms with Gasteiger partial charge in [-0.25, -0.2) is 13.2 Å². The number of halogens is 4. The number of nitrogens with zero attached hydrogens (tertiary/aromatic N) is 1. The van der Waals surface area contributed by atoms with Gasteiger partial charge in [0.25, 0.3) is 0 Å². The third-order valence-corrected chi connectivity index (χ3v) is 6.48. The van der Waals surface area contributed by atoms with Crippen LogP contribution in [0.15, 0.2) is 23.1 Å². The van der Waals surface area contributed by atoms with E-state index in [4.69, 9.17) is 5.73 Å². The molecule has 2 rings (SSSR count). The molecular formula is C16H22ClF3N2O4S. The summed E-state index contributed by atoms with van der Waals surface area (Å²) in [6.07, 6.45) is -3.80. The molecule has 0 amide bonds. The van der Waals surface area contributed by atoms with Crippen molar-refractivity contribution in [3.05, 3.63) is 29.3 Å². The van der Waals surface area contributed by atoms with Gasteiger partial charge in [0.05, 0.1) is 23.1 Å². The first-order chi connectivity index (χ1) is 12.0. The third kappa shape index (κ3) is 5.13. The zero-order valence-corrected chi connectivity index (χ0v) is 16.5. The fraction of sp³-hybridized carbons (Fsp3) is 0.562. The lowest BCUT2D eigenvalue weighted by Gasteiger charge is -2.33. The molecule has 1 atom stereocenters. The topological polar surface area (TPSA) is 89.7 Å². The Morgan fingerprint density at radius 1 is 1.30 bits per heavy atom. The van der Waals surface area contributed by atoms with Crippen LogP contribution in [0.3, 0.4) is 0 Å². The summed E-state index contributed by atoms with van der Waals surface area (Å²) >= 11 is 0. The number of benzene rings is 1. The lowest BCUT2D eigenvalue weighted by Crippen LogP contribution is -2.42. The molecule has 11 heteroatoms. The van der Waals surface area contributed by atoms with Crippen molar-refractivity contribution in [2.45, 2.75) is 36.9 Å². The van der Waals surface area contributed by atoms with Gasteiger partial charge in [0.2, 0.25) is 10.0 Å². The zero-order valence-electron chi connectivity index (χ0n) is 14.8. The highest BCUT2D eigenvalue weighted by Crippen LogP contribution is 2.35. The van der Waals surface area contributed by atoms with E-state index in [-0.39, 0.29) is 37.5 Å². The van der Waals surface area contributed by atoms with Crippen LogP contribution >= 0.6 is 12.4 Å². The molecule has 0 radical (unpaired) electrons. The Bertz CT molecular complexity index is 776. The molecule has 0 aliphatic carbocycles. The van der Waals surface area contributed by atoms with Crippen LogP contribution in [0.2, 0.25) is 0 Å². The Morgan fingerprint density at radius 3 is 2.30 bits per heavy atom. The molecule has 154 valence electrons. The summed E-state index contributed by atoms with van der Waals surface area (Å²) in [7, 11) is -3.15. The average molecular weight is 431 g/mol. The normalized spacial score (nSPS) is 17.9. The van der Waals surface area contributed by atoms with Crippen LogP contribution in [-0.2, 0) is 20.9 Å². The fourth-order valence-electron chi connectivity index (χ4n) is 3.00. The van der Waals surface area contributed by atoms with Gasteiger partial charge in [0.15, 0.2) is 0 Å². The maximum absolute atomic E-state index is 13.3. The lowest BCUT2D eigenvalue weighted by molar-refractivity contribution is -0.138. The van der Waals surface area contributed by atoms with Crippen LogP contribution in [-0.4, -0.2) is 44.9 Å². The summed E-state index contributed by atoms with van der Waals surface area (Å²) in [5, 5.41) is 0. The maximum Gasteiger partial charge on any atom is 0.417 e. The van der Waals surface area contributed by atoms with E-state index in [1.807, 2.05) is 6.92 Å². The lowest BCUT2D eigenvalue weighted by atomic mass is 9.92. The number of nitrogens with two attached hydrogens (primary N) is 1. The molecule has 1 aliphatic rings. The molecule has 2 N–H and O–H groups in total. The van der Waals surface area contributed by atoms with Gasteiger partial charge < -0.3 is 10.5 Å². The van der Waals surface area contributed by atoms with Gasteiger partial charge >= 0.3 is 12.1 Å². The molecule has 0 bridgehead atoms. The van der Waals surface area contributed by atoms with Gasteiger partial charge in [0, 0.05) is 19.1 Å². The molecule has 1 heterocycles. The summed E-state index contributed by atoms with van der Waals surface area (Å²) < 4.78 is 70.7. The number of methoxy groups -OCH3 is 1. The van der Waals surface area contributed by atoms with Crippen molar-refractivity contribution in [1.29, 1.82) is 0 Å². The largest absolute Gasteiger partial charge is 0.465 e. The number of carbonyl (C=O) groups is 1. The minimum absolute atomic E-state index is 0. The van der Waals surface area contributed by atoms with E-state index < -0.39 is 38.2 Å². The molecule has 1 saturated heterocycles. The summed E-state index contributed by atoms with van der Waals surface area (Å²) in [6.45, 7) is 2.22. The van der Waals surface area contributed by atoms with Crippen molar-refractivity contribution in [3.63, 3.8) is 0 Å². The second-order valence-corrected chi connectivity index (χ2v) is 8.24. The van der Waals surface area contributed by atoms with E-state index in [9.17, 15) is 26.4 Å². The highest BCUT2D eigenvalue weighted by atomic mass is 35.5. The quantitative estimate of drug-likeness (QED) is 0.742. The number of hydrogen-bond acceptors (Lipinski definition) is 5. The van der Waals surface area contributed by atoms with E-state index in [1.54, 1.807) is 0 Å². The van der Waals surface area contributed by atoms with E-state index in [0.29, 0.717) is 18.9 Å². The molecule has 0 aromatic heterocycles. The smallest absolute Gasteiger partial charge is 0.417 e. The van der Waals surface area contributed by atoms with Crippen LogP contribution in [0.5, 0.6) is 0 Å². The summed E-state index contributed by atoms with van der Waals surface area (Å²) in [4.78, 5) is 11.0. The number of sulfonamides is 1. The molecule has 27 heavy (non-hydrogen) atoms. The number of carbonyl (C=O) groups excluding carboxylic acids is 1. The summed E-state index contributed by atoms with van der Waals surface area (Å²) in [5.41, 5.74) is 3.76. The molecule has 1 aliphatic heterocycles. The maximum atomic E-state index is 13.3. The first-order valence-corrected chi connectivity index (χ1v) is 9.47. The standard InChI is InChI=1S/C16H21F3N2O4S.ClH/c1-10(20)11-5-7-21(8-6-11)26(23,24)12-3-4-13(15(22)25-2)14(9-12)16(17,18)19;/h3-4,9-11H,5-8,20H2,1-2H3;1H. The number of rotatable bonds is 4. The number of hydrogen-bond donors (Lipinski definition) is 1. The number of esters is 1. The van der Waals surface area contributed by atoms with Crippen molar-refractivity contribution in [2.75, 3.05) is 20.2 Å². The fourth-order valence-corrected chi connectivity index (χ4v) is 4.49. The second kappa shape index (κ2) is 8.76. The number of piperidine rings is 1. The molecule has 6 nitrogen and oxygen atoms in total. The SMILES string of the molecule is COC(=O)c1ccc(S(=O)(=O)N2CCC(C(C)N)CC2)cc1C(F)(F)F.Cl. The Hall–Kier alpha value is -1.36. The molecule has 1 unspecified atom stereocenters. The zero-order chi connectivity index (χ0) is 19.7. The van der Waals surface area contributed by atoms with Gasteiger partial charge in [-0.1, -0.05) is 0 Å². The molecule has 0 spiro atoms. The van der Waals surface area contributed by atoms with Crippen LogP contribution in [0.25, 0.3) is 0 Å². The molecule has 1 fully saturated rings. The van der Waals surface area contributed by atoms with Gasteiger partial charge in [-0.3, -0.25) is 0 Å². The molecule has 1 aromatic carbocycles. The van der Waals surface area contributed by atoms with E-state index in [2.05, 4.69) is 4.74 Å². The monoisotopic (exact) mass is 430 g/mol. The number of alkyl halides is 3. The van der Waals surface area contributed by atoms with Gasteiger partial charge in [-0.15, -0.1) is 12.4 Å². The first-order valence-electron chi connectivity index (χ1n) is 8.03. The van der Waals surface area contributed by atoms with Crippen LogP contribution in [0.1, 0.15) is 35.7 Å². The summed E-state index contributed by atoms with van der Waals surface area (Å²) in [6, 6.07) is 2.24. The minimum atomic E-state index is -4.89. The minimum Gasteiger partial charge on any atom is -0.465 e.